The van der Waals surface area contributed by atoms with Crippen LogP contribution in [-0.4, -0.2) is 37.1 Å². The highest BCUT2D eigenvalue weighted by atomic mass is 19.4. The topological polar surface area (TPSA) is 71.0 Å². The predicted octanol–water partition coefficient (Wildman–Crippen LogP) is 2.05. The number of aromatic nitrogens is 4. The quantitative estimate of drug-likeness (QED) is 0.804. The Morgan fingerprint density at radius 1 is 1.22 bits per heavy atom. The van der Waals surface area contributed by atoms with Gasteiger partial charge in [-0.15, -0.1) is 0 Å². The summed E-state index contributed by atoms with van der Waals surface area (Å²) in [7, 11) is 1.41. The molecule has 2 atom stereocenters. The maximum absolute atomic E-state index is 12.8. The minimum atomic E-state index is -4.49. The van der Waals surface area contributed by atoms with Crippen molar-refractivity contribution in [2.24, 2.45) is 13.0 Å². The van der Waals surface area contributed by atoms with Crippen LogP contribution >= 0.6 is 0 Å². The monoisotopic (exact) mass is 388 g/mol. The summed E-state index contributed by atoms with van der Waals surface area (Å²) in [5.74, 6) is 0.288. The van der Waals surface area contributed by atoms with E-state index in [0.29, 0.717) is 6.42 Å². The molecular formula is C17H23F3N4O3. The van der Waals surface area contributed by atoms with Crippen molar-refractivity contribution in [2.45, 2.75) is 64.6 Å². The van der Waals surface area contributed by atoms with Crippen molar-refractivity contribution in [3.05, 3.63) is 27.2 Å². The Labute approximate surface area is 153 Å². The molecule has 3 heterocycles. The smallest absolute Gasteiger partial charge is 0.376 e. The molecule has 27 heavy (non-hydrogen) atoms. The van der Waals surface area contributed by atoms with E-state index in [0.717, 1.165) is 32.9 Å². The van der Waals surface area contributed by atoms with Gasteiger partial charge in [-0.2, -0.15) is 13.2 Å². The van der Waals surface area contributed by atoms with E-state index >= 15 is 0 Å². The van der Waals surface area contributed by atoms with E-state index in [-0.39, 0.29) is 35.8 Å². The molecular weight excluding hydrogens is 365 g/mol. The van der Waals surface area contributed by atoms with Gasteiger partial charge in [0.1, 0.15) is 6.54 Å². The van der Waals surface area contributed by atoms with Crippen LogP contribution in [0.5, 0.6) is 0 Å². The minimum absolute atomic E-state index is 0.0428. The molecule has 7 nitrogen and oxygen atoms in total. The van der Waals surface area contributed by atoms with Crippen molar-refractivity contribution in [1.82, 2.24) is 18.7 Å². The Morgan fingerprint density at radius 3 is 2.44 bits per heavy atom. The predicted molar refractivity (Wildman–Crippen MR) is 92.6 cm³/mol. The molecule has 3 rings (SSSR count). The molecule has 2 aromatic heterocycles. The lowest BCUT2D eigenvalue weighted by molar-refractivity contribution is -0.140. The number of ether oxygens (including phenoxy) is 1. The van der Waals surface area contributed by atoms with Crippen LogP contribution in [0.4, 0.5) is 13.2 Å². The van der Waals surface area contributed by atoms with E-state index in [2.05, 4.69) is 4.98 Å². The van der Waals surface area contributed by atoms with E-state index in [1.165, 1.54) is 7.05 Å². The molecule has 1 fully saturated rings. The Kier molecular flexibility index (Phi) is 5.20. The van der Waals surface area contributed by atoms with Crippen molar-refractivity contribution >= 4 is 11.2 Å². The van der Waals surface area contributed by atoms with E-state index in [9.17, 15) is 22.8 Å². The first kappa shape index (κ1) is 19.7. The SMILES string of the molecule is C[C@@H]1CC(CCn2c(=O)c3c(ncn3CC(F)(F)F)n(C)c2=O)C[C@@H](C)O1. The van der Waals surface area contributed by atoms with Crippen LogP contribution in [0.2, 0.25) is 0 Å². The number of hydrogen-bond donors (Lipinski definition) is 0. The normalized spacial score (nSPS) is 23.9. The molecule has 150 valence electrons. The highest BCUT2D eigenvalue weighted by molar-refractivity contribution is 5.69. The molecule has 0 amide bonds. The zero-order valence-corrected chi connectivity index (χ0v) is 15.5. The molecule has 1 aliphatic rings. The van der Waals surface area contributed by atoms with Crippen LogP contribution in [-0.2, 0) is 24.9 Å². The van der Waals surface area contributed by atoms with Gasteiger partial charge in [0.25, 0.3) is 5.56 Å². The maximum atomic E-state index is 12.8. The van der Waals surface area contributed by atoms with Crippen molar-refractivity contribution in [2.75, 3.05) is 0 Å². The van der Waals surface area contributed by atoms with Crippen LogP contribution in [0.25, 0.3) is 11.2 Å². The fourth-order valence-corrected chi connectivity index (χ4v) is 3.92. The van der Waals surface area contributed by atoms with E-state index in [4.69, 9.17) is 4.74 Å². The number of halogens is 3. The standard InChI is InChI=1S/C17H23F3N4O3/c1-10-6-12(7-11(2)27-10)4-5-24-15(25)13-14(22(3)16(24)26)21-9-23(13)8-17(18,19)20/h9-12H,4-8H2,1-3H3/t10-,11-/m1/s1. The maximum Gasteiger partial charge on any atom is 0.406 e. The number of alkyl halides is 3. The molecule has 0 aromatic carbocycles. The van der Waals surface area contributed by atoms with Crippen LogP contribution < -0.4 is 11.2 Å². The van der Waals surface area contributed by atoms with Crippen LogP contribution in [0.1, 0.15) is 33.1 Å². The summed E-state index contributed by atoms with van der Waals surface area (Å²) in [5, 5.41) is 0. The van der Waals surface area contributed by atoms with Gasteiger partial charge >= 0.3 is 11.9 Å². The largest absolute Gasteiger partial charge is 0.406 e. The molecule has 2 aromatic rings. The lowest BCUT2D eigenvalue weighted by Gasteiger charge is -2.32. The van der Waals surface area contributed by atoms with E-state index < -0.39 is 24.0 Å². The van der Waals surface area contributed by atoms with Gasteiger partial charge in [0.05, 0.1) is 18.5 Å². The molecule has 0 spiro atoms. The van der Waals surface area contributed by atoms with Gasteiger partial charge in [0.15, 0.2) is 11.2 Å². The molecule has 0 bridgehead atoms. The van der Waals surface area contributed by atoms with Gasteiger partial charge in [0, 0.05) is 13.6 Å². The van der Waals surface area contributed by atoms with Gasteiger partial charge in [-0.1, -0.05) is 0 Å². The average Bonchev–Trinajstić information content (AvgIpc) is 2.93. The third-order valence-corrected chi connectivity index (χ3v) is 5.01. The molecule has 0 unspecified atom stereocenters. The van der Waals surface area contributed by atoms with Crippen LogP contribution in [0, 0.1) is 5.92 Å². The summed E-state index contributed by atoms with van der Waals surface area (Å²) in [6.45, 7) is 2.79. The van der Waals surface area contributed by atoms with Gasteiger partial charge in [-0.3, -0.25) is 13.9 Å². The van der Waals surface area contributed by atoms with Gasteiger partial charge in [0.2, 0.25) is 0 Å². The third-order valence-electron chi connectivity index (χ3n) is 5.01. The second-order valence-electron chi connectivity index (χ2n) is 7.34. The average molecular weight is 388 g/mol. The van der Waals surface area contributed by atoms with E-state index in [1.807, 2.05) is 13.8 Å². The Bertz CT molecular complexity index is 934. The Hall–Kier alpha value is -2.10. The fourth-order valence-electron chi connectivity index (χ4n) is 3.92. The first-order chi connectivity index (χ1) is 12.6. The Morgan fingerprint density at radius 2 is 1.85 bits per heavy atom. The highest BCUT2D eigenvalue weighted by Gasteiger charge is 2.30. The second-order valence-corrected chi connectivity index (χ2v) is 7.34. The number of imidazole rings is 1. The number of rotatable bonds is 4. The molecule has 1 saturated heterocycles. The van der Waals surface area contributed by atoms with Crippen molar-refractivity contribution in [1.29, 1.82) is 0 Å². The summed E-state index contributed by atoms with van der Waals surface area (Å²) in [6.07, 6.45) is -1.09. The summed E-state index contributed by atoms with van der Waals surface area (Å²) in [4.78, 5) is 29.1. The van der Waals surface area contributed by atoms with E-state index in [1.54, 1.807) is 0 Å². The summed E-state index contributed by atoms with van der Waals surface area (Å²) in [5.41, 5.74) is -1.55. The highest BCUT2D eigenvalue weighted by Crippen LogP contribution is 2.27. The number of aryl methyl sites for hydroxylation is 1. The number of fused-ring (bicyclic) bond motifs is 1. The number of nitrogens with zero attached hydrogens (tertiary/aromatic N) is 4. The fraction of sp³-hybridized carbons (Fsp3) is 0.706. The lowest BCUT2D eigenvalue weighted by Crippen LogP contribution is -2.41. The summed E-state index contributed by atoms with van der Waals surface area (Å²) in [6, 6.07) is 0. The zero-order chi connectivity index (χ0) is 19.9. The van der Waals surface area contributed by atoms with Crippen molar-refractivity contribution in [3.63, 3.8) is 0 Å². The molecule has 0 aliphatic carbocycles. The zero-order valence-electron chi connectivity index (χ0n) is 15.5. The first-order valence-corrected chi connectivity index (χ1v) is 8.93. The van der Waals surface area contributed by atoms with Gasteiger partial charge in [-0.05, 0) is 39.0 Å². The molecule has 0 radical (unpaired) electrons. The lowest BCUT2D eigenvalue weighted by atomic mass is 9.90. The third kappa shape index (κ3) is 4.10. The van der Waals surface area contributed by atoms with Crippen LogP contribution in [0.3, 0.4) is 0 Å². The summed E-state index contributed by atoms with van der Waals surface area (Å²) < 4.78 is 46.9. The molecule has 1 aliphatic heterocycles. The summed E-state index contributed by atoms with van der Waals surface area (Å²) >= 11 is 0. The van der Waals surface area contributed by atoms with Crippen LogP contribution in [0.15, 0.2) is 15.9 Å². The number of hydrogen-bond acceptors (Lipinski definition) is 4. The molecule has 0 saturated carbocycles. The Balaban J connectivity index is 1.94. The molecule has 0 N–H and O–H groups in total. The molecule has 10 heteroatoms. The second kappa shape index (κ2) is 7.14. The minimum Gasteiger partial charge on any atom is -0.376 e. The van der Waals surface area contributed by atoms with Crippen molar-refractivity contribution < 1.29 is 17.9 Å². The van der Waals surface area contributed by atoms with Gasteiger partial charge in [-0.25, -0.2) is 9.78 Å². The van der Waals surface area contributed by atoms with Crippen molar-refractivity contribution in [3.8, 4) is 0 Å². The first-order valence-electron chi connectivity index (χ1n) is 8.93. The van der Waals surface area contributed by atoms with Gasteiger partial charge < -0.3 is 9.30 Å².